The summed E-state index contributed by atoms with van der Waals surface area (Å²) in [5.74, 6) is 0. The van der Waals surface area contributed by atoms with Crippen LogP contribution >= 0.6 is 34.0 Å². The molecule has 26 rings (SSSR count). The van der Waals surface area contributed by atoms with Crippen molar-refractivity contribution in [2.75, 3.05) is 0 Å². The smallest absolute Gasteiger partial charge is 0.0638 e. The zero-order valence-electron chi connectivity index (χ0n) is 102. The summed E-state index contributed by atoms with van der Waals surface area (Å²) in [5, 5.41) is 5.94. The van der Waals surface area contributed by atoms with Crippen molar-refractivity contribution < 1.29 is 52.1 Å². The van der Waals surface area contributed by atoms with Crippen molar-refractivity contribution in [2.45, 2.75) is 0 Å². The Hall–Kier alpha value is -14.9. The van der Waals surface area contributed by atoms with Gasteiger partial charge in [-0.05, 0) is 228 Å². The standard InChI is InChI=1S/2C42H26S.C36H22S/c1-2-13-30-27(11-1)12-9-20-32(30)41-35-16-5-3-14-33(35)40(34-15-4-6-17-36(34)41)29-25-23-28(24-26-29)31-19-10-22-39-42(31)37-18-7-8-21-38(37)43-39;1-2-11-30-26-31(25-20-27(30)10-1)41-35-14-5-3-12-33(35)40(34-13-4-6-15-36(34)41)29-23-21-28(22-24-29)32-17-9-19-39-42(32)37-16-7-8-18-38(37)43-39;1-2-13-24-23(11-1)12-9-19-25(24)34-26-14-3-5-16-28(26)35(29-17-6-4-15-27(29)34)31-20-10-22-33-36(31)30-18-7-8-21-32(30)37-33/h2*1-26H;1-22H/i3D,4D,5D,6D,14D,15D,16D,17D;3D,4D,5D,6D,12D,13D,14D,15D;1D,2D,3D,4D,5D,6D,7D,8D,9D,10D,11D,12D,13D,14D,15D,16D,17D,18D,19D,20D,21D,22D. The van der Waals surface area contributed by atoms with Crippen LogP contribution in [-0.4, -0.2) is 0 Å². The molecule has 123 heavy (non-hydrogen) atoms. The summed E-state index contributed by atoms with van der Waals surface area (Å²) in [6.07, 6.45) is 0. The Morgan fingerprint density at radius 2 is 0.463 bits per heavy atom. The third-order valence-electron chi connectivity index (χ3n) is 22.8. The highest BCUT2D eigenvalue weighted by atomic mass is 32.1. The molecule has 3 heteroatoms. The van der Waals surface area contributed by atoms with Crippen LogP contribution in [-0.2, 0) is 0 Å². The van der Waals surface area contributed by atoms with Crippen LogP contribution in [0.4, 0.5) is 0 Å². The zero-order chi connectivity index (χ0) is 114. The van der Waals surface area contributed by atoms with Crippen LogP contribution in [0.2, 0.25) is 0 Å². The lowest BCUT2D eigenvalue weighted by atomic mass is 9.84. The van der Waals surface area contributed by atoms with Gasteiger partial charge in [-0.25, -0.2) is 0 Å². The maximum absolute atomic E-state index is 9.36. The number of thiophene rings is 3. The molecule has 0 fully saturated rings. The van der Waals surface area contributed by atoms with Crippen molar-refractivity contribution in [3.8, 4) is 89.0 Å². The van der Waals surface area contributed by atoms with Gasteiger partial charge in [0.15, 0.2) is 0 Å². The Labute approximate surface area is 777 Å². The Morgan fingerprint density at radius 3 is 0.984 bits per heavy atom. The maximum atomic E-state index is 9.36. The second-order valence-electron chi connectivity index (χ2n) is 29.3. The van der Waals surface area contributed by atoms with E-state index in [1.54, 1.807) is 22.7 Å². The Balaban J connectivity index is 0.000000127. The fraction of sp³-hybridized carbons (Fsp3) is 0. The van der Waals surface area contributed by atoms with Gasteiger partial charge in [-0.3, -0.25) is 0 Å². The van der Waals surface area contributed by atoms with Crippen molar-refractivity contribution >= 4 is 191 Å². The van der Waals surface area contributed by atoms with E-state index in [4.69, 9.17) is 32.9 Å². The first-order chi connectivity index (χ1) is 76.8. The van der Waals surface area contributed by atoms with Gasteiger partial charge in [0.05, 0.1) is 52.1 Å². The number of fused-ring (bicyclic) bond motifs is 18. The molecule has 0 bridgehead atoms. The lowest BCUT2D eigenvalue weighted by molar-refractivity contribution is 1.64. The van der Waals surface area contributed by atoms with Crippen molar-refractivity contribution in [1.82, 2.24) is 0 Å². The third kappa shape index (κ3) is 12.1. The van der Waals surface area contributed by atoms with Crippen LogP contribution in [0.1, 0.15) is 52.1 Å². The number of hydrogen-bond donors (Lipinski definition) is 0. The highest BCUT2D eigenvalue weighted by Crippen LogP contribution is 2.53. The van der Waals surface area contributed by atoms with Gasteiger partial charge in [0.25, 0.3) is 0 Å². The summed E-state index contributed by atoms with van der Waals surface area (Å²) in [7, 11) is 0. The minimum atomic E-state index is -0.898. The molecule has 0 spiro atoms. The van der Waals surface area contributed by atoms with Crippen molar-refractivity contribution in [2.24, 2.45) is 0 Å². The van der Waals surface area contributed by atoms with Crippen molar-refractivity contribution in [3.63, 3.8) is 0 Å². The quantitative estimate of drug-likeness (QED) is 0.133. The normalized spacial score (nSPS) is 16.1. The molecule has 0 saturated heterocycles. The van der Waals surface area contributed by atoms with Gasteiger partial charge in [0, 0.05) is 60.5 Å². The molecule has 0 unspecified atom stereocenters. The average Bonchev–Trinajstić information content (AvgIpc) is 1.66. The molecule has 0 saturated carbocycles. The molecule has 0 atom stereocenters. The van der Waals surface area contributed by atoms with Crippen LogP contribution < -0.4 is 0 Å². The Kier molecular flexibility index (Phi) is 10.6. The topological polar surface area (TPSA) is 0 Å². The molecule has 0 nitrogen and oxygen atoms in total. The minimum Gasteiger partial charge on any atom is -0.135 e. The highest BCUT2D eigenvalue weighted by molar-refractivity contribution is 7.26. The van der Waals surface area contributed by atoms with Crippen LogP contribution in [0.3, 0.4) is 0 Å². The summed E-state index contributed by atoms with van der Waals surface area (Å²) in [6.45, 7) is 0. The molecule has 0 aliphatic rings. The van der Waals surface area contributed by atoms with Gasteiger partial charge in [0.1, 0.15) is 0 Å². The lowest BCUT2D eigenvalue weighted by Gasteiger charge is -2.19. The summed E-state index contributed by atoms with van der Waals surface area (Å²) >= 11 is 4.18. The maximum Gasteiger partial charge on any atom is 0.0638 e. The largest absolute Gasteiger partial charge is 0.135 e. The first-order valence-corrected chi connectivity index (χ1v) is 41.6. The van der Waals surface area contributed by atoms with E-state index in [9.17, 15) is 19.2 Å². The van der Waals surface area contributed by atoms with Crippen LogP contribution in [0.15, 0.2) is 448 Å². The molecule has 3 heterocycles. The summed E-state index contributed by atoms with van der Waals surface area (Å²) in [6, 6.07) is 48.4. The molecule has 572 valence electrons. The second kappa shape index (κ2) is 30.1. The van der Waals surface area contributed by atoms with Crippen molar-refractivity contribution in [3.05, 3.63) is 448 Å². The average molecular weight is 1650 g/mol. The van der Waals surface area contributed by atoms with E-state index in [1.807, 2.05) is 170 Å². The fourth-order valence-corrected chi connectivity index (χ4v) is 20.7. The second-order valence-corrected chi connectivity index (χ2v) is 32.5. The molecule has 0 aliphatic carbocycles. The molecule has 3 aromatic heterocycles. The van der Waals surface area contributed by atoms with Crippen molar-refractivity contribution in [1.29, 1.82) is 0 Å². The van der Waals surface area contributed by atoms with Gasteiger partial charge in [0.2, 0.25) is 0 Å². The summed E-state index contributed by atoms with van der Waals surface area (Å²) in [4.78, 5) is 0. The van der Waals surface area contributed by atoms with Crippen LogP contribution in [0, 0.1) is 0 Å². The summed E-state index contributed by atoms with van der Waals surface area (Å²) in [5.41, 5.74) is 5.58. The van der Waals surface area contributed by atoms with E-state index in [1.165, 1.54) is 29.6 Å². The SMILES string of the molecule is [2H]c1c([2H])c([2H])c2c(-c3ccc4ccccc4c3)c3c([2H])c([2H])c([2H])c([2H])c3c(-c3ccc(-c4cccc5sc6ccccc6c45)cc3)c2c1[2H].[2H]c1c([2H])c([2H])c2c(-c3cccc4ccccc34)c3c([2H])c([2H])c([2H])c([2H])c3c(-c3ccc(-c4cccc5sc6ccccc6c45)cc3)c2c1[2H].[2H]c1c([2H])c([2H])c2c(sc3c([2H])c([2H])c([2H])c(-c4c5c([2H])c([2H])c([2H])c([2H])c5c(-c5c([2H])c([2H])c([2H])c6c([2H])c([2H])c([2H])c([2H])c56)c5c([2H])c([2H])c([2H])c([2H])c45)c32)c1[2H]. The van der Waals surface area contributed by atoms with E-state index < -0.39 is 236 Å². The highest BCUT2D eigenvalue weighted by Gasteiger charge is 2.24. The molecule has 0 radical (unpaired) electrons. The van der Waals surface area contributed by atoms with E-state index in [0.29, 0.717) is 55.8 Å². The van der Waals surface area contributed by atoms with E-state index in [2.05, 4.69) is 48.5 Å². The number of hydrogen-bond acceptors (Lipinski definition) is 3. The minimum absolute atomic E-state index is 0.0994. The third-order valence-corrected chi connectivity index (χ3v) is 26.0. The monoisotopic (exact) mass is 1650 g/mol. The van der Waals surface area contributed by atoms with E-state index in [-0.39, 0.29) is 112 Å². The molecule has 0 aliphatic heterocycles. The van der Waals surface area contributed by atoms with Gasteiger partial charge in [-0.15, -0.1) is 34.0 Å². The molecule has 0 amide bonds. The molecular formula is C120H74S3. The first-order valence-electron chi connectivity index (χ1n) is 58.1. The first kappa shape index (κ1) is 43.3. The van der Waals surface area contributed by atoms with Gasteiger partial charge >= 0.3 is 0 Å². The number of benzene rings is 23. The number of rotatable bonds is 8. The van der Waals surface area contributed by atoms with Gasteiger partial charge < -0.3 is 0 Å². The fourth-order valence-electron chi connectivity index (χ4n) is 17.5. The Bertz CT molecular complexity index is 11000. The zero-order valence-corrected chi connectivity index (χ0v) is 66.5. The van der Waals surface area contributed by atoms with E-state index in [0.717, 1.165) is 54.6 Å². The van der Waals surface area contributed by atoms with Gasteiger partial charge in [-0.2, -0.15) is 0 Å². The van der Waals surface area contributed by atoms with Gasteiger partial charge in [-0.1, -0.05) is 406 Å². The molecule has 23 aromatic carbocycles. The predicted octanol–water partition coefficient (Wildman–Crippen LogP) is 35.9. The van der Waals surface area contributed by atoms with Crippen LogP contribution in [0.25, 0.3) is 246 Å². The van der Waals surface area contributed by atoms with E-state index >= 15 is 0 Å². The van der Waals surface area contributed by atoms with Crippen LogP contribution in [0.5, 0.6) is 0 Å². The predicted molar refractivity (Wildman–Crippen MR) is 539 cm³/mol. The lowest BCUT2D eigenvalue weighted by Crippen LogP contribution is -1.92. The molecular weight excluding hydrogens is 1540 g/mol. The Morgan fingerprint density at radius 1 is 0.146 bits per heavy atom. The summed E-state index contributed by atoms with van der Waals surface area (Å²) < 4.78 is 343. The molecule has 0 N–H and O–H groups in total. The molecule has 26 aromatic rings.